The van der Waals surface area contributed by atoms with E-state index in [4.69, 9.17) is 5.26 Å². The molecule has 7 heteroatoms. The smallest absolute Gasteiger partial charge is 0.243 e. The van der Waals surface area contributed by atoms with Crippen molar-refractivity contribution in [1.29, 1.82) is 5.26 Å². The Labute approximate surface area is 168 Å². The highest BCUT2D eigenvalue weighted by Gasteiger charge is 2.34. The second kappa shape index (κ2) is 9.06. The van der Waals surface area contributed by atoms with Gasteiger partial charge in [0, 0.05) is 32.1 Å². The first-order chi connectivity index (χ1) is 13.4. The molecule has 2 aliphatic rings. The molecule has 1 saturated heterocycles. The van der Waals surface area contributed by atoms with E-state index in [9.17, 15) is 13.2 Å². The lowest BCUT2D eigenvalue weighted by molar-refractivity contribution is -0.137. The van der Waals surface area contributed by atoms with Crippen LogP contribution in [-0.2, 0) is 14.8 Å². The van der Waals surface area contributed by atoms with E-state index in [0.29, 0.717) is 37.5 Å². The van der Waals surface area contributed by atoms with Crippen LogP contribution in [0.1, 0.15) is 56.9 Å². The van der Waals surface area contributed by atoms with Gasteiger partial charge in [-0.2, -0.15) is 9.57 Å². The van der Waals surface area contributed by atoms with Gasteiger partial charge in [0.25, 0.3) is 0 Å². The maximum atomic E-state index is 12.9. The summed E-state index contributed by atoms with van der Waals surface area (Å²) in [6.07, 6.45) is 8.15. The predicted octanol–water partition coefficient (Wildman–Crippen LogP) is 3.14. The van der Waals surface area contributed by atoms with Crippen molar-refractivity contribution in [3.63, 3.8) is 0 Å². The van der Waals surface area contributed by atoms with E-state index in [1.54, 1.807) is 0 Å². The van der Waals surface area contributed by atoms with Gasteiger partial charge in [-0.15, -0.1) is 0 Å². The van der Waals surface area contributed by atoms with Crippen molar-refractivity contribution < 1.29 is 13.2 Å². The number of sulfonamides is 1. The third-order valence-corrected chi connectivity index (χ3v) is 8.06. The first kappa shape index (κ1) is 20.8. The minimum atomic E-state index is -3.58. The molecule has 1 aromatic carbocycles. The Morgan fingerprint density at radius 2 is 1.61 bits per heavy atom. The summed E-state index contributed by atoms with van der Waals surface area (Å²) in [5.41, 5.74) is 0.435. The monoisotopic (exact) mass is 403 g/mol. The van der Waals surface area contributed by atoms with Gasteiger partial charge >= 0.3 is 0 Å². The van der Waals surface area contributed by atoms with E-state index in [1.165, 1.54) is 54.3 Å². The number of benzene rings is 1. The summed E-state index contributed by atoms with van der Waals surface area (Å²) in [6, 6.07) is 8.32. The summed E-state index contributed by atoms with van der Waals surface area (Å²) >= 11 is 0. The van der Waals surface area contributed by atoms with Crippen LogP contribution in [0, 0.1) is 17.2 Å². The van der Waals surface area contributed by atoms with Crippen molar-refractivity contribution in [2.45, 2.75) is 62.3 Å². The lowest BCUT2D eigenvalue weighted by Crippen LogP contribution is -2.46. The molecule has 3 rings (SSSR count). The zero-order chi connectivity index (χ0) is 20.1. The summed E-state index contributed by atoms with van der Waals surface area (Å²) in [4.78, 5) is 15.1. The van der Waals surface area contributed by atoms with Crippen LogP contribution in [-0.4, -0.2) is 49.7 Å². The van der Waals surface area contributed by atoms with Crippen molar-refractivity contribution in [2.75, 3.05) is 20.1 Å². The third-order valence-electron chi connectivity index (χ3n) is 6.14. The molecule has 152 valence electrons. The van der Waals surface area contributed by atoms with Gasteiger partial charge in [0.2, 0.25) is 15.9 Å². The lowest BCUT2D eigenvalue weighted by Gasteiger charge is -2.35. The zero-order valence-electron chi connectivity index (χ0n) is 16.5. The number of rotatable bonds is 4. The van der Waals surface area contributed by atoms with E-state index < -0.39 is 10.0 Å². The highest BCUT2D eigenvalue weighted by molar-refractivity contribution is 7.89. The zero-order valence-corrected chi connectivity index (χ0v) is 17.3. The second-order valence-corrected chi connectivity index (χ2v) is 9.85. The highest BCUT2D eigenvalue weighted by atomic mass is 32.2. The molecule has 0 unspecified atom stereocenters. The fourth-order valence-corrected chi connectivity index (χ4v) is 5.78. The van der Waals surface area contributed by atoms with Crippen LogP contribution >= 0.6 is 0 Å². The van der Waals surface area contributed by atoms with E-state index in [-0.39, 0.29) is 16.7 Å². The van der Waals surface area contributed by atoms with Gasteiger partial charge in [0.1, 0.15) is 0 Å². The van der Waals surface area contributed by atoms with Crippen LogP contribution in [0.3, 0.4) is 0 Å². The molecule has 1 aromatic rings. The summed E-state index contributed by atoms with van der Waals surface area (Å²) in [6.45, 7) is 0.717. The Morgan fingerprint density at radius 3 is 2.14 bits per heavy atom. The van der Waals surface area contributed by atoms with Gasteiger partial charge in [-0.3, -0.25) is 4.79 Å². The maximum Gasteiger partial charge on any atom is 0.243 e. The van der Waals surface area contributed by atoms with Crippen LogP contribution in [0.15, 0.2) is 29.2 Å². The molecule has 0 aromatic heterocycles. The molecule has 1 amide bonds. The highest BCUT2D eigenvalue weighted by Crippen LogP contribution is 2.28. The van der Waals surface area contributed by atoms with Crippen molar-refractivity contribution in [3.05, 3.63) is 29.8 Å². The number of nitriles is 1. The molecular formula is C21H29N3O3S. The Morgan fingerprint density at radius 1 is 1.04 bits per heavy atom. The molecular weight excluding hydrogens is 374 g/mol. The minimum absolute atomic E-state index is 0.0966. The quantitative estimate of drug-likeness (QED) is 0.723. The van der Waals surface area contributed by atoms with Crippen molar-refractivity contribution in [2.24, 2.45) is 5.92 Å². The molecule has 1 aliphatic heterocycles. The number of carbonyl (C=O) groups excluding carboxylic acids is 1. The summed E-state index contributed by atoms with van der Waals surface area (Å²) in [7, 11) is -1.67. The first-order valence-corrected chi connectivity index (χ1v) is 11.6. The summed E-state index contributed by atoms with van der Waals surface area (Å²) in [5.74, 6) is 0.0722. The van der Waals surface area contributed by atoms with Crippen LogP contribution in [0.2, 0.25) is 0 Å². The first-order valence-electron chi connectivity index (χ1n) is 10.2. The second-order valence-electron chi connectivity index (χ2n) is 7.91. The Kier molecular flexibility index (Phi) is 6.73. The molecule has 1 saturated carbocycles. The largest absolute Gasteiger partial charge is 0.343 e. The van der Waals surface area contributed by atoms with Gasteiger partial charge in [-0.25, -0.2) is 8.42 Å². The Balaban J connectivity index is 1.60. The number of hydrogen-bond acceptors (Lipinski definition) is 4. The van der Waals surface area contributed by atoms with Crippen molar-refractivity contribution in [3.8, 4) is 6.07 Å². The van der Waals surface area contributed by atoms with Crippen molar-refractivity contribution in [1.82, 2.24) is 9.21 Å². The standard InChI is InChI=1S/C21H29N3O3S/c1-23(19-6-4-2-3-5-7-19)21(25)18-12-14-24(15-13-18)28(26,27)20-10-8-17(16-22)9-11-20/h8-11,18-19H,2-7,12-15H2,1H3. The molecule has 0 atom stereocenters. The summed E-state index contributed by atoms with van der Waals surface area (Å²) < 4.78 is 27.1. The van der Waals surface area contributed by atoms with E-state index in [1.807, 2.05) is 18.0 Å². The van der Waals surface area contributed by atoms with Crippen LogP contribution in [0.5, 0.6) is 0 Å². The topological polar surface area (TPSA) is 81.5 Å². The van der Waals surface area contributed by atoms with Gasteiger partial charge in [0.15, 0.2) is 0 Å². The van der Waals surface area contributed by atoms with Crippen LogP contribution in [0.25, 0.3) is 0 Å². The number of nitrogens with zero attached hydrogens (tertiary/aromatic N) is 3. The fourth-order valence-electron chi connectivity index (χ4n) is 4.31. The maximum absolute atomic E-state index is 12.9. The van der Waals surface area contributed by atoms with Gasteiger partial charge < -0.3 is 4.90 Å². The van der Waals surface area contributed by atoms with E-state index >= 15 is 0 Å². The molecule has 6 nitrogen and oxygen atoms in total. The fraction of sp³-hybridized carbons (Fsp3) is 0.619. The Hall–Kier alpha value is -1.91. The average molecular weight is 404 g/mol. The van der Waals surface area contributed by atoms with E-state index in [2.05, 4.69) is 0 Å². The minimum Gasteiger partial charge on any atom is -0.343 e. The molecule has 0 bridgehead atoms. The molecule has 0 radical (unpaired) electrons. The summed E-state index contributed by atoms with van der Waals surface area (Å²) in [5, 5.41) is 8.87. The molecule has 1 aliphatic carbocycles. The number of piperidine rings is 1. The molecule has 0 spiro atoms. The predicted molar refractivity (Wildman–Crippen MR) is 107 cm³/mol. The number of amides is 1. The molecule has 0 N–H and O–H groups in total. The molecule has 2 fully saturated rings. The van der Waals surface area contributed by atoms with Gasteiger partial charge in [-0.05, 0) is 49.9 Å². The number of carbonyl (C=O) groups is 1. The van der Waals surface area contributed by atoms with E-state index in [0.717, 1.165) is 12.8 Å². The Bertz CT molecular complexity index is 813. The van der Waals surface area contributed by atoms with Crippen LogP contribution < -0.4 is 0 Å². The normalized spacial score (nSPS) is 20.3. The van der Waals surface area contributed by atoms with Crippen LogP contribution in [0.4, 0.5) is 0 Å². The SMILES string of the molecule is CN(C(=O)C1CCN(S(=O)(=O)c2ccc(C#N)cc2)CC1)C1CCCCCC1. The number of hydrogen-bond donors (Lipinski definition) is 0. The molecule has 28 heavy (non-hydrogen) atoms. The lowest BCUT2D eigenvalue weighted by atomic mass is 9.95. The van der Waals surface area contributed by atoms with Crippen molar-refractivity contribution >= 4 is 15.9 Å². The van der Waals surface area contributed by atoms with Gasteiger partial charge in [0.05, 0.1) is 16.5 Å². The average Bonchev–Trinajstić information content (AvgIpc) is 3.02. The third kappa shape index (κ3) is 4.56. The molecule has 1 heterocycles. The van der Waals surface area contributed by atoms with Gasteiger partial charge in [-0.1, -0.05) is 25.7 Å².